The van der Waals surface area contributed by atoms with E-state index in [1.165, 1.54) is 0 Å². The Balaban J connectivity index is 4.14. The first kappa shape index (κ1) is 15.6. The molecule has 0 saturated heterocycles. The zero-order valence-corrected chi connectivity index (χ0v) is 12.5. The Morgan fingerprint density at radius 3 is 2.25 bits per heavy atom. The molecule has 0 aromatic heterocycles. The summed E-state index contributed by atoms with van der Waals surface area (Å²) in [6.07, 6.45) is 2.13. The number of hydrogen-bond donors (Lipinski definition) is 2. The highest BCUT2D eigenvalue weighted by molar-refractivity contribution is 7.99. The smallest absolute Gasteiger partial charge is 0.191 e. The molecule has 96 valence electrons. The molecule has 16 heavy (non-hydrogen) atoms. The summed E-state index contributed by atoms with van der Waals surface area (Å²) in [6.45, 7) is 12.0. The van der Waals surface area contributed by atoms with E-state index in [1.807, 2.05) is 18.8 Å². The van der Waals surface area contributed by atoms with E-state index in [4.69, 9.17) is 0 Å². The molecule has 1 unspecified atom stereocenters. The van der Waals surface area contributed by atoms with Crippen LogP contribution in [0.25, 0.3) is 0 Å². The maximum Gasteiger partial charge on any atom is 0.191 e. The van der Waals surface area contributed by atoms with Crippen LogP contribution in [-0.4, -0.2) is 36.6 Å². The van der Waals surface area contributed by atoms with Crippen LogP contribution in [-0.2, 0) is 0 Å². The van der Waals surface area contributed by atoms with Crippen LogP contribution in [0, 0.1) is 5.92 Å². The number of guanidine groups is 1. The van der Waals surface area contributed by atoms with E-state index < -0.39 is 0 Å². The highest BCUT2D eigenvalue weighted by atomic mass is 32.2. The third-order valence-electron chi connectivity index (χ3n) is 2.82. The second-order valence-electron chi connectivity index (χ2n) is 5.07. The molecule has 2 N–H and O–H groups in total. The van der Waals surface area contributed by atoms with Crippen LogP contribution in [0.2, 0.25) is 0 Å². The molecular formula is C12H27N3S. The van der Waals surface area contributed by atoms with Gasteiger partial charge < -0.3 is 10.6 Å². The molecule has 0 amide bonds. The standard InChI is InChI=1S/C12H27N3S/c1-9(2)10(3)15-11(13-6)14-8-12(4,5)16-7/h9-10H,8H2,1-7H3,(H2,13,14,15). The van der Waals surface area contributed by atoms with Crippen LogP contribution in [0.3, 0.4) is 0 Å². The highest BCUT2D eigenvalue weighted by Gasteiger charge is 2.17. The molecule has 0 spiro atoms. The van der Waals surface area contributed by atoms with Crippen LogP contribution in [0.4, 0.5) is 0 Å². The fourth-order valence-corrected chi connectivity index (χ4v) is 1.16. The summed E-state index contributed by atoms with van der Waals surface area (Å²) in [5, 5.41) is 6.76. The summed E-state index contributed by atoms with van der Waals surface area (Å²) >= 11 is 1.86. The van der Waals surface area contributed by atoms with Gasteiger partial charge in [0, 0.05) is 24.4 Å². The Labute approximate surface area is 105 Å². The minimum atomic E-state index is 0.235. The molecule has 0 heterocycles. The fraction of sp³-hybridized carbons (Fsp3) is 0.917. The first-order valence-corrected chi connectivity index (χ1v) is 7.07. The Morgan fingerprint density at radius 1 is 1.31 bits per heavy atom. The first-order valence-electron chi connectivity index (χ1n) is 5.84. The zero-order chi connectivity index (χ0) is 12.8. The van der Waals surface area contributed by atoms with Gasteiger partial charge >= 0.3 is 0 Å². The predicted octanol–water partition coefficient (Wildman–Crippen LogP) is 2.34. The second kappa shape index (κ2) is 7.05. The van der Waals surface area contributed by atoms with Gasteiger partial charge in [0.15, 0.2) is 5.96 Å². The number of aliphatic imine (C=N–C) groups is 1. The van der Waals surface area contributed by atoms with E-state index in [0.29, 0.717) is 12.0 Å². The normalized spacial score (nSPS) is 15.1. The van der Waals surface area contributed by atoms with Crippen molar-refractivity contribution in [2.45, 2.75) is 45.4 Å². The van der Waals surface area contributed by atoms with E-state index >= 15 is 0 Å². The average Bonchev–Trinajstić information content (AvgIpc) is 2.23. The molecule has 0 rings (SSSR count). The molecule has 0 aromatic carbocycles. The molecule has 0 radical (unpaired) electrons. The lowest BCUT2D eigenvalue weighted by Gasteiger charge is -2.26. The number of rotatable bonds is 5. The van der Waals surface area contributed by atoms with Crippen LogP contribution in [0.15, 0.2) is 4.99 Å². The van der Waals surface area contributed by atoms with Crippen molar-refractivity contribution in [3.63, 3.8) is 0 Å². The van der Waals surface area contributed by atoms with Crippen LogP contribution in [0.5, 0.6) is 0 Å². The van der Waals surface area contributed by atoms with E-state index in [-0.39, 0.29) is 4.75 Å². The Kier molecular flexibility index (Phi) is 6.88. The number of nitrogens with zero attached hydrogens (tertiary/aromatic N) is 1. The van der Waals surface area contributed by atoms with Crippen molar-refractivity contribution >= 4 is 17.7 Å². The summed E-state index contributed by atoms with van der Waals surface area (Å²) in [4.78, 5) is 4.23. The maximum absolute atomic E-state index is 4.23. The van der Waals surface area contributed by atoms with Gasteiger partial charge in [0.2, 0.25) is 0 Å². The Morgan fingerprint density at radius 2 is 1.88 bits per heavy atom. The summed E-state index contributed by atoms with van der Waals surface area (Å²) in [6, 6.07) is 0.434. The first-order chi connectivity index (χ1) is 7.32. The van der Waals surface area contributed by atoms with Gasteiger partial charge in [0.25, 0.3) is 0 Å². The third kappa shape index (κ3) is 6.26. The van der Waals surface area contributed by atoms with E-state index in [1.54, 1.807) is 0 Å². The number of hydrogen-bond acceptors (Lipinski definition) is 2. The summed E-state index contributed by atoms with van der Waals surface area (Å²) in [5.74, 6) is 1.50. The highest BCUT2D eigenvalue weighted by Crippen LogP contribution is 2.19. The lowest BCUT2D eigenvalue weighted by atomic mass is 10.1. The van der Waals surface area contributed by atoms with Gasteiger partial charge in [-0.25, -0.2) is 0 Å². The van der Waals surface area contributed by atoms with Gasteiger partial charge in [-0.05, 0) is 32.9 Å². The van der Waals surface area contributed by atoms with Crippen molar-refractivity contribution in [1.29, 1.82) is 0 Å². The lowest BCUT2D eigenvalue weighted by molar-refractivity contribution is 0.479. The van der Waals surface area contributed by atoms with Crippen LogP contribution < -0.4 is 10.6 Å². The topological polar surface area (TPSA) is 36.4 Å². The van der Waals surface area contributed by atoms with Gasteiger partial charge in [-0.15, -0.1) is 0 Å². The van der Waals surface area contributed by atoms with Gasteiger partial charge in [0.05, 0.1) is 0 Å². The number of nitrogens with one attached hydrogen (secondary N) is 2. The molecule has 0 aliphatic heterocycles. The SMILES string of the molecule is CN=C(NCC(C)(C)SC)NC(C)C(C)C. The van der Waals surface area contributed by atoms with Crippen molar-refractivity contribution < 1.29 is 0 Å². The van der Waals surface area contributed by atoms with Crippen molar-refractivity contribution in [2.75, 3.05) is 19.8 Å². The third-order valence-corrected chi connectivity index (χ3v) is 4.07. The van der Waals surface area contributed by atoms with Crippen molar-refractivity contribution in [3.05, 3.63) is 0 Å². The van der Waals surface area contributed by atoms with Gasteiger partial charge in [-0.1, -0.05) is 13.8 Å². The summed E-state index contributed by atoms with van der Waals surface area (Å²) in [5.41, 5.74) is 0. The van der Waals surface area contributed by atoms with Crippen molar-refractivity contribution in [1.82, 2.24) is 10.6 Å². The van der Waals surface area contributed by atoms with Gasteiger partial charge in [-0.2, -0.15) is 11.8 Å². The molecule has 0 fully saturated rings. The molecule has 4 heteroatoms. The molecular weight excluding hydrogens is 218 g/mol. The van der Waals surface area contributed by atoms with Crippen molar-refractivity contribution in [3.8, 4) is 0 Å². The molecule has 0 aromatic rings. The predicted molar refractivity (Wildman–Crippen MR) is 76.4 cm³/mol. The van der Waals surface area contributed by atoms with E-state index in [2.05, 4.69) is 56.5 Å². The van der Waals surface area contributed by atoms with E-state index in [9.17, 15) is 0 Å². The molecule has 3 nitrogen and oxygen atoms in total. The summed E-state index contributed by atoms with van der Waals surface area (Å²) < 4.78 is 0.235. The Bertz CT molecular complexity index is 224. The van der Waals surface area contributed by atoms with Crippen LogP contribution >= 0.6 is 11.8 Å². The lowest BCUT2D eigenvalue weighted by Crippen LogP contribution is -2.47. The summed E-state index contributed by atoms with van der Waals surface area (Å²) in [7, 11) is 1.81. The fourth-order valence-electron chi connectivity index (χ4n) is 0.946. The molecule has 0 aliphatic rings. The monoisotopic (exact) mass is 245 g/mol. The maximum atomic E-state index is 4.23. The molecule has 1 atom stereocenters. The van der Waals surface area contributed by atoms with E-state index in [0.717, 1.165) is 12.5 Å². The minimum Gasteiger partial charge on any atom is -0.355 e. The molecule has 0 saturated carbocycles. The molecule has 0 aliphatic carbocycles. The molecule has 0 bridgehead atoms. The zero-order valence-electron chi connectivity index (χ0n) is 11.7. The second-order valence-corrected chi connectivity index (χ2v) is 6.58. The largest absolute Gasteiger partial charge is 0.355 e. The average molecular weight is 245 g/mol. The quantitative estimate of drug-likeness (QED) is 0.576. The van der Waals surface area contributed by atoms with Crippen LogP contribution in [0.1, 0.15) is 34.6 Å². The minimum absolute atomic E-state index is 0.235. The number of thioether (sulfide) groups is 1. The Hall–Kier alpha value is -0.380. The van der Waals surface area contributed by atoms with Gasteiger partial charge in [-0.3, -0.25) is 4.99 Å². The van der Waals surface area contributed by atoms with Crippen molar-refractivity contribution in [2.24, 2.45) is 10.9 Å². The van der Waals surface area contributed by atoms with Gasteiger partial charge in [0.1, 0.15) is 0 Å².